The summed E-state index contributed by atoms with van der Waals surface area (Å²) >= 11 is 0. The van der Waals surface area contributed by atoms with Gasteiger partial charge in [-0.25, -0.2) is 9.37 Å². The van der Waals surface area contributed by atoms with Crippen LogP contribution in [0.5, 0.6) is 0 Å². The number of aliphatic hydroxyl groups excluding tert-OH is 1. The number of nitrogens with zero attached hydrogens (tertiary/aromatic N) is 2. The Balaban J connectivity index is 1.83. The fourth-order valence-electron chi connectivity index (χ4n) is 1.83. The largest absolute Gasteiger partial charge is 0.504 e. The van der Waals surface area contributed by atoms with E-state index in [0.717, 1.165) is 6.08 Å². The predicted octanol–water partition coefficient (Wildman–Crippen LogP) is 2.99. The first-order chi connectivity index (χ1) is 10.6. The van der Waals surface area contributed by atoms with Gasteiger partial charge in [-0.2, -0.15) is 5.10 Å². The van der Waals surface area contributed by atoms with E-state index in [9.17, 15) is 14.3 Å². The molecule has 0 aliphatic rings. The van der Waals surface area contributed by atoms with E-state index in [2.05, 4.69) is 15.2 Å². The Morgan fingerprint density at radius 2 is 2.00 bits per heavy atom. The van der Waals surface area contributed by atoms with Crippen LogP contribution in [0.3, 0.4) is 0 Å². The third-order valence-corrected chi connectivity index (χ3v) is 2.89. The number of hydrogen-bond acceptors (Lipinski definition) is 5. The van der Waals surface area contributed by atoms with Crippen LogP contribution in [0, 0.1) is 5.82 Å². The monoisotopic (exact) mass is 299 g/mol. The molecule has 1 aromatic carbocycles. The summed E-state index contributed by atoms with van der Waals surface area (Å²) in [4.78, 5) is 15.7. The Morgan fingerprint density at radius 1 is 1.23 bits per heavy atom. The molecule has 0 aliphatic carbocycles. The van der Waals surface area contributed by atoms with E-state index in [0.29, 0.717) is 11.3 Å². The van der Waals surface area contributed by atoms with Crippen molar-refractivity contribution in [1.82, 2.24) is 15.2 Å². The average molecular weight is 299 g/mol. The number of halogens is 1. The van der Waals surface area contributed by atoms with Crippen LogP contribution in [0.25, 0.3) is 17.1 Å². The van der Waals surface area contributed by atoms with Crippen LogP contribution in [0.15, 0.2) is 53.2 Å². The van der Waals surface area contributed by atoms with Gasteiger partial charge >= 0.3 is 0 Å². The molecule has 7 heteroatoms. The van der Waals surface area contributed by atoms with Gasteiger partial charge in [-0.15, -0.1) is 0 Å². The summed E-state index contributed by atoms with van der Waals surface area (Å²) in [6, 6.07) is 8.76. The summed E-state index contributed by atoms with van der Waals surface area (Å²) in [5, 5.41) is 15.8. The predicted molar refractivity (Wildman–Crippen MR) is 75.4 cm³/mol. The number of carbonyl (C=O) groups is 1. The molecule has 22 heavy (non-hydrogen) atoms. The lowest BCUT2D eigenvalue weighted by Gasteiger charge is -1.96. The lowest BCUT2D eigenvalue weighted by Crippen LogP contribution is -1.95. The maximum absolute atomic E-state index is 12.9. The minimum absolute atomic E-state index is 0.0127. The summed E-state index contributed by atoms with van der Waals surface area (Å²) in [5.74, 6) is -0.776. The molecule has 3 rings (SSSR count). The first kappa shape index (κ1) is 13.7. The lowest BCUT2D eigenvalue weighted by atomic mass is 10.2. The summed E-state index contributed by atoms with van der Waals surface area (Å²) in [6.45, 7) is 0. The summed E-state index contributed by atoms with van der Waals surface area (Å²) in [7, 11) is 0. The molecule has 0 spiro atoms. The van der Waals surface area contributed by atoms with E-state index >= 15 is 0 Å². The fourth-order valence-corrected chi connectivity index (χ4v) is 1.83. The Labute approximate surface area is 123 Å². The molecule has 6 nitrogen and oxygen atoms in total. The third kappa shape index (κ3) is 2.78. The topological polar surface area (TPSA) is 92.0 Å². The van der Waals surface area contributed by atoms with Gasteiger partial charge < -0.3 is 9.52 Å². The number of nitrogens with one attached hydrogen (secondary N) is 1. The minimum atomic E-state index is -0.532. The molecule has 2 heterocycles. The van der Waals surface area contributed by atoms with E-state index in [1.165, 1.54) is 24.5 Å². The number of aromatic amines is 1. The summed E-state index contributed by atoms with van der Waals surface area (Å²) in [5.41, 5.74) is 0.641. The molecule has 0 amide bonds. The van der Waals surface area contributed by atoms with Crippen molar-refractivity contribution in [3.8, 4) is 11.3 Å². The highest BCUT2D eigenvalue weighted by Crippen LogP contribution is 2.23. The average Bonchev–Trinajstić information content (AvgIpc) is 3.20. The van der Waals surface area contributed by atoms with Gasteiger partial charge in [0, 0.05) is 11.6 Å². The standard InChI is InChI=1S/C15H10FN3O3/c16-10-3-1-9(2-4-10)13-5-6-14(22-13)11(20)7-12(21)15-17-8-18-19-15/h1-8,21H,(H,17,18,19). The number of aliphatic hydroxyl groups is 1. The molecule has 0 saturated carbocycles. The molecule has 0 unspecified atom stereocenters. The second-order valence-electron chi connectivity index (χ2n) is 4.39. The van der Waals surface area contributed by atoms with Crippen LogP contribution in [0.2, 0.25) is 0 Å². The zero-order valence-electron chi connectivity index (χ0n) is 11.2. The van der Waals surface area contributed by atoms with Gasteiger partial charge in [0.2, 0.25) is 11.6 Å². The zero-order valence-corrected chi connectivity index (χ0v) is 11.2. The van der Waals surface area contributed by atoms with Gasteiger partial charge in [0.15, 0.2) is 11.5 Å². The number of hydrogen-bond donors (Lipinski definition) is 2. The molecule has 0 fully saturated rings. The van der Waals surface area contributed by atoms with Crippen molar-refractivity contribution in [1.29, 1.82) is 0 Å². The highest BCUT2D eigenvalue weighted by atomic mass is 19.1. The molecule has 0 bridgehead atoms. The quantitative estimate of drug-likeness (QED) is 0.439. The normalized spacial score (nSPS) is 11.6. The van der Waals surface area contributed by atoms with Crippen LogP contribution in [-0.4, -0.2) is 26.1 Å². The Hall–Kier alpha value is -3.22. The minimum Gasteiger partial charge on any atom is -0.504 e. The van der Waals surface area contributed by atoms with Crippen molar-refractivity contribution < 1.29 is 18.7 Å². The number of ketones is 1. The molecule has 0 saturated heterocycles. The third-order valence-electron chi connectivity index (χ3n) is 2.89. The van der Waals surface area contributed by atoms with Gasteiger partial charge in [-0.05, 0) is 36.4 Å². The van der Waals surface area contributed by atoms with Crippen molar-refractivity contribution in [3.05, 3.63) is 66.2 Å². The highest BCUT2D eigenvalue weighted by molar-refractivity contribution is 6.05. The highest BCUT2D eigenvalue weighted by Gasteiger charge is 2.13. The molecule has 0 aliphatic heterocycles. The second kappa shape index (κ2) is 5.65. The number of carbonyl (C=O) groups excluding carboxylic acids is 1. The fraction of sp³-hybridized carbons (Fsp3) is 0. The molecule has 0 atom stereocenters. The summed E-state index contributed by atoms with van der Waals surface area (Å²) in [6.07, 6.45) is 2.25. The summed E-state index contributed by atoms with van der Waals surface area (Å²) < 4.78 is 18.3. The van der Waals surface area contributed by atoms with Crippen molar-refractivity contribution in [2.75, 3.05) is 0 Å². The van der Waals surface area contributed by atoms with Crippen LogP contribution < -0.4 is 0 Å². The van der Waals surface area contributed by atoms with E-state index < -0.39 is 5.78 Å². The smallest absolute Gasteiger partial charge is 0.224 e. The number of benzene rings is 1. The van der Waals surface area contributed by atoms with E-state index in [-0.39, 0.29) is 23.2 Å². The van der Waals surface area contributed by atoms with E-state index in [1.54, 1.807) is 18.2 Å². The van der Waals surface area contributed by atoms with Crippen molar-refractivity contribution in [3.63, 3.8) is 0 Å². The number of aromatic nitrogens is 3. The first-order valence-corrected chi connectivity index (χ1v) is 6.30. The molecular formula is C15H10FN3O3. The molecule has 3 aromatic rings. The van der Waals surface area contributed by atoms with Gasteiger partial charge in [-0.3, -0.25) is 9.89 Å². The van der Waals surface area contributed by atoms with Crippen molar-refractivity contribution in [2.45, 2.75) is 0 Å². The zero-order chi connectivity index (χ0) is 15.5. The molecule has 2 N–H and O–H groups in total. The van der Waals surface area contributed by atoms with Gasteiger partial charge in [-0.1, -0.05) is 0 Å². The second-order valence-corrected chi connectivity index (χ2v) is 4.39. The Bertz CT molecular complexity index is 820. The number of allylic oxidation sites excluding steroid dienone is 1. The van der Waals surface area contributed by atoms with Gasteiger partial charge in [0.25, 0.3) is 0 Å². The van der Waals surface area contributed by atoms with E-state index in [4.69, 9.17) is 4.42 Å². The van der Waals surface area contributed by atoms with E-state index in [1.807, 2.05) is 0 Å². The van der Waals surface area contributed by atoms with Crippen LogP contribution in [0.1, 0.15) is 16.4 Å². The van der Waals surface area contributed by atoms with Crippen LogP contribution >= 0.6 is 0 Å². The maximum Gasteiger partial charge on any atom is 0.224 e. The SMILES string of the molecule is O=C(C=C(O)c1nc[nH]n1)c1ccc(-c2ccc(F)cc2)o1. The first-order valence-electron chi connectivity index (χ1n) is 6.30. The molecule has 2 aromatic heterocycles. The Morgan fingerprint density at radius 3 is 2.68 bits per heavy atom. The van der Waals surface area contributed by atoms with Gasteiger partial charge in [0.05, 0.1) is 0 Å². The van der Waals surface area contributed by atoms with Gasteiger partial charge in [0.1, 0.15) is 17.9 Å². The number of H-pyrrole nitrogens is 1. The molecule has 110 valence electrons. The van der Waals surface area contributed by atoms with Crippen LogP contribution in [-0.2, 0) is 0 Å². The molecular weight excluding hydrogens is 289 g/mol. The molecule has 0 radical (unpaired) electrons. The maximum atomic E-state index is 12.9. The van der Waals surface area contributed by atoms with Crippen molar-refractivity contribution in [2.24, 2.45) is 0 Å². The van der Waals surface area contributed by atoms with Crippen molar-refractivity contribution >= 4 is 11.5 Å². The Kier molecular flexibility index (Phi) is 3.53. The van der Waals surface area contributed by atoms with Crippen LogP contribution in [0.4, 0.5) is 4.39 Å². The number of rotatable bonds is 4. The number of furan rings is 1. The lowest BCUT2D eigenvalue weighted by molar-refractivity contribution is 0.102.